The van der Waals surface area contributed by atoms with E-state index in [1.165, 1.54) is 0 Å². The van der Waals surface area contributed by atoms with Crippen LogP contribution in [0.3, 0.4) is 0 Å². The van der Waals surface area contributed by atoms with Gasteiger partial charge < -0.3 is 15.0 Å². The van der Waals surface area contributed by atoms with Crippen molar-refractivity contribution in [2.24, 2.45) is 0 Å². The van der Waals surface area contributed by atoms with E-state index < -0.39 is 0 Å². The van der Waals surface area contributed by atoms with Gasteiger partial charge in [-0.3, -0.25) is 4.90 Å². The maximum atomic E-state index is 6.42. The van der Waals surface area contributed by atoms with E-state index in [2.05, 4.69) is 42.3 Å². The van der Waals surface area contributed by atoms with Gasteiger partial charge in [0.1, 0.15) is 17.8 Å². The number of benzene rings is 2. The Kier molecular flexibility index (Phi) is 6.42. The predicted octanol–water partition coefficient (Wildman–Crippen LogP) is 4.94. The highest BCUT2D eigenvalue weighted by Crippen LogP contribution is 2.37. The molecule has 2 N–H and O–H groups in total. The third kappa shape index (κ3) is 4.54. The van der Waals surface area contributed by atoms with Crippen LogP contribution in [0.2, 0.25) is 5.02 Å². The van der Waals surface area contributed by atoms with Crippen LogP contribution in [0.15, 0.2) is 55.1 Å². The zero-order valence-electron chi connectivity index (χ0n) is 21.7. The van der Waals surface area contributed by atoms with Gasteiger partial charge in [0, 0.05) is 29.7 Å². The fourth-order valence-corrected chi connectivity index (χ4v) is 6.41. The number of rotatable bonds is 5. The van der Waals surface area contributed by atoms with Crippen molar-refractivity contribution >= 4 is 39.5 Å². The number of halogens is 1. The molecule has 1 saturated carbocycles. The number of anilines is 1. The Labute approximate surface area is 231 Å². The molecule has 2 aromatic carbocycles. The average molecular weight is 543 g/mol. The topological polar surface area (TPSA) is 99.9 Å². The maximum absolute atomic E-state index is 6.42. The van der Waals surface area contributed by atoms with Crippen LogP contribution in [0.4, 0.5) is 5.82 Å². The van der Waals surface area contributed by atoms with Gasteiger partial charge in [0.25, 0.3) is 0 Å². The van der Waals surface area contributed by atoms with E-state index in [-0.39, 0.29) is 6.04 Å². The summed E-state index contributed by atoms with van der Waals surface area (Å²) in [7, 11) is 0. The van der Waals surface area contributed by atoms with E-state index >= 15 is 0 Å². The first-order chi connectivity index (χ1) is 19.2. The SMILES string of the molecule is Nc1ncnc2c1c(-c1ccc3c(c1)ncn3Cc1ccccc1Cl)nn2C1CCC(N2CCOCC2)CC1. The summed E-state index contributed by atoms with van der Waals surface area (Å²) in [5.74, 6) is 0.451. The smallest absolute Gasteiger partial charge is 0.164 e. The van der Waals surface area contributed by atoms with Crippen LogP contribution in [0.5, 0.6) is 0 Å². The number of aromatic nitrogens is 6. The van der Waals surface area contributed by atoms with Crippen molar-refractivity contribution < 1.29 is 4.74 Å². The maximum Gasteiger partial charge on any atom is 0.164 e. The minimum atomic E-state index is 0.284. The van der Waals surface area contributed by atoms with Crippen LogP contribution in [0.1, 0.15) is 37.3 Å². The van der Waals surface area contributed by atoms with E-state index in [0.717, 1.165) is 95.9 Å². The molecule has 0 spiro atoms. The largest absolute Gasteiger partial charge is 0.383 e. The Morgan fingerprint density at radius 2 is 1.74 bits per heavy atom. The molecule has 0 radical (unpaired) electrons. The number of nitrogen functional groups attached to an aromatic ring is 1. The molecule has 0 amide bonds. The lowest BCUT2D eigenvalue weighted by molar-refractivity contribution is 0.00520. The van der Waals surface area contributed by atoms with Gasteiger partial charge >= 0.3 is 0 Å². The molecule has 39 heavy (non-hydrogen) atoms. The third-order valence-electron chi connectivity index (χ3n) is 8.29. The first kappa shape index (κ1) is 24.5. The summed E-state index contributed by atoms with van der Waals surface area (Å²) in [5.41, 5.74) is 12.0. The fourth-order valence-electron chi connectivity index (χ4n) is 6.21. The van der Waals surface area contributed by atoms with Crippen LogP contribution in [0, 0.1) is 0 Å². The lowest BCUT2D eigenvalue weighted by Gasteiger charge is -2.38. The molecule has 7 rings (SSSR count). The van der Waals surface area contributed by atoms with Crippen molar-refractivity contribution in [3.05, 3.63) is 65.7 Å². The van der Waals surface area contributed by atoms with Crippen LogP contribution in [-0.4, -0.2) is 66.5 Å². The first-order valence-electron chi connectivity index (χ1n) is 13.6. The number of morpholine rings is 1. The number of hydrogen-bond donors (Lipinski definition) is 1. The standard InChI is InChI=1S/C29H31ClN8O/c30-23-4-2-1-3-20(23)16-37-18-34-24-15-19(5-10-25(24)37)27-26-28(31)32-17-33-29(26)38(35-27)22-8-6-21(7-9-22)36-11-13-39-14-12-36/h1-5,10,15,17-18,21-22H,6-9,11-14,16H2,(H2,31,32,33). The second-order valence-corrected chi connectivity index (χ2v) is 10.9. The Morgan fingerprint density at radius 3 is 2.56 bits per heavy atom. The van der Waals surface area contributed by atoms with Crippen molar-refractivity contribution in [3.8, 4) is 11.3 Å². The summed E-state index contributed by atoms with van der Waals surface area (Å²) >= 11 is 6.41. The molecule has 1 aliphatic carbocycles. The number of ether oxygens (including phenoxy) is 1. The van der Waals surface area contributed by atoms with Gasteiger partial charge in [-0.2, -0.15) is 5.10 Å². The van der Waals surface area contributed by atoms with Crippen molar-refractivity contribution in [2.75, 3.05) is 32.0 Å². The Morgan fingerprint density at radius 1 is 0.949 bits per heavy atom. The lowest BCUT2D eigenvalue weighted by atomic mass is 9.90. The molecule has 1 aliphatic heterocycles. The highest BCUT2D eigenvalue weighted by molar-refractivity contribution is 6.31. The Balaban J connectivity index is 1.20. The van der Waals surface area contributed by atoms with E-state index in [4.69, 9.17) is 32.2 Å². The van der Waals surface area contributed by atoms with E-state index in [9.17, 15) is 0 Å². The van der Waals surface area contributed by atoms with Crippen molar-refractivity contribution in [2.45, 2.75) is 44.3 Å². The zero-order chi connectivity index (χ0) is 26.3. The molecule has 0 atom stereocenters. The molecule has 2 fully saturated rings. The summed E-state index contributed by atoms with van der Waals surface area (Å²) in [5, 5.41) is 6.68. The number of nitrogens with zero attached hydrogens (tertiary/aromatic N) is 7. The number of fused-ring (bicyclic) bond motifs is 2. The molecule has 5 aromatic rings. The number of nitrogens with two attached hydrogens (primary N) is 1. The summed E-state index contributed by atoms with van der Waals surface area (Å²) in [4.78, 5) is 16.2. The Bertz CT molecular complexity index is 1630. The molecule has 0 unspecified atom stereocenters. The van der Waals surface area contributed by atoms with Crippen LogP contribution in [-0.2, 0) is 11.3 Å². The summed E-state index contributed by atoms with van der Waals surface area (Å²) in [6, 6.07) is 15.1. The Hall–Kier alpha value is -3.53. The van der Waals surface area contributed by atoms with Gasteiger partial charge in [-0.25, -0.2) is 19.6 Å². The van der Waals surface area contributed by atoms with Crippen LogP contribution < -0.4 is 5.73 Å². The molecule has 2 aliphatic rings. The van der Waals surface area contributed by atoms with Crippen molar-refractivity contribution in [3.63, 3.8) is 0 Å². The molecular weight excluding hydrogens is 512 g/mol. The van der Waals surface area contributed by atoms with E-state index in [0.29, 0.717) is 18.4 Å². The van der Waals surface area contributed by atoms with Gasteiger partial charge in [-0.15, -0.1) is 0 Å². The normalized spacial score (nSPS) is 20.6. The second kappa shape index (κ2) is 10.2. The number of hydrogen-bond acceptors (Lipinski definition) is 7. The summed E-state index contributed by atoms with van der Waals surface area (Å²) in [6.07, 6.45) is 7.83. The molecule has 0 bridgehead atoms. The number of imidazole rings is 1. The van der Waals surface area contributed by atoms with Crippen molar-refractivity contribution in [1.29, 1.82) is 0 Å². The average Bonchev–Trinajstić information content (AvgIpc) is 3.57. The van der Waals surface area contributed by atoms with Crippen LogP contribution >= 0.6 is 11.6 Å². The highest BCUT2D eigenvalue weighted by Gasteiger charge is 2.30. The molecule has 10 heteroatoms. The zero-order valence-corrected chi connectivity index (χ0v) is 22.5. The van der Waals surface area contributed by atoms with Gasteiger partial charge in [0.05, 0.1) is 48.5 Å². The predicted molar refractivity (Wildman–Crippen MR) is 153 cm³/mol. The summed E-state index contributed by atoms with van der Waals surface area (Å²) in [6.45, 7) is 4.40. The van der Waals surface area contributed by atoms with Gasteiger partial charge in [0.15, 0.2) is 5.65 Å². The lowest BCUT2D eigenvalue weighted by Crippen LogP contribution is -2.45. The highest BCUT2D eigenvalue weighted by atomic mass is 35.5. The molecule has 200 valence electrons. The van der Waals surface area contributed by atoms with Crippen molar-refractivity contribution in [1.82, 2.24) is 34.2 Å². The van der Waals surface area contributed by atoms with E-state index in [1.807, 2.05) is 30.6 Å². The van der Waals surface area contributed by atoms with Gasteiger partial charge in [-0.1, -0.05) is 35.9 Å². The minimum absolute atomic E-state index is 0.284. The summed E-state index contributed by atoms with van der Waals surface area (Å²) < 4.78 is 9.76. The first-order valence-corrected chi connectivity index (χ1v) is 14.0. The monoisotopic (exact) mass is 542 g/mol. The molecule has 4 heterocycles. The second-order valence-electron chi connectivity index (χ2n) is 10.5. The third-order valence-corrected chi connectivity index (χ3v) is 8.65. The van der Waals surface area contributed by atoms with Crippen LogP contribution in [0.25, 0.3) is 33.3 Å². The minimum Gasteiger partial charge on any atom is -0.383 e. The molecule has 3 aromatic heterocycles. The van der Waals surface area contributed by atoms with Gasteiger partial charge in [0.2, 0.25) is 0 Å². The fraction of sp³-hybridized carbons (Fsp3) is 0.379. The molecule has 1 saturated heterocycles. The van der Waals surface area contributed by atoms with E-state index in [1.54, 1.807) is 6.33 Å². The molecular formula is C29H31ClN8O. The quantitative estimate of drug-likeness (QED) is 0.335. The molecule has 9 nitrogen and oxygen atoms in total. The van der Waals surface area contributed by atoms with Gasteiger partial charge in [-0.05, 0) is 49.4 Å².